The third-order valence-electron chi connectivity index (χ3n) is 5.32. The molecule has 0 bridgehead atoms. The molecule has 0 aromatic carbocycles. The second kappa shape index (κ2) is 7.02. The molecule has 0 radical (unpaired) electrons. The van der Waals surface area contributed by atoms with Crippen LogP contribution in [0.1, 0.15) is 41.9 Å². The Morgan fingerprint density at radius 2 is 2.08 bits per heavy atom. The zero-order valence-electron chi connectivity index (χ0n) is 14.3. The topological polar surface area (TPSA) is 62.5 Å². The lowest BCUT2D eigenvalue weighted by Gasteiger charge is -2.30. The lowest BCUT2D eigenvalue weighted by Crippen LogP contribution is -2.48. The van der Waals surface area contributed by atoms with E-state index in [0.29, 0.717) is 5.76 Å². The zero-order chi connectivity index (χ0) is 18.0. The quantitative estimate of drug-likeness (QED) is 0.664. The van der Waals surface area contributed by atoms with Gasteiger partial charge in [0.25, 0.3) is 0 Å². The molecule has 0 saturated heterocycles. The number of amides is 1. The highest BCUT2D eigenvalue weighted by Gasteiger charge is 2.45. The van der Waals surface area contributed by atoms with E-state index in [1.165, 1.54) is 11.3 Å². The maximum absolute atomic E-state index is 13.2. The molecule has 0 aliphatic heterocycles. The summed E-state index contributed by atoms with van der Waals surface area (Å²) in [6, 6.07) is 9.40. The molecule has 3 aromatic rings. The summed E-state index contributed by atoms with van der Waals surface area (Å²) >= 11 is 3.14. The molecule has 2 N–H and O–H groups in total. The molecule has 1 saturated carbocycles. The van der Waals surface area contributed by atoms with Crippen molar-refractivity contribution in [2.45, 2.75) is 36.7 Å². The van der Waals surface area contributed by atoms with Crippen LogP contribution in [0.4, 0.5) is 0 Å². The fourth-order valence-corrected chi connectivity index (χ4v) is 5.54. The van der Waals surface area contributed by atoms with Crippen molar-refractivity contribution in [2.24, 2.45) is 0 Å². The van der Waals surface area contributed by atoms with Gasteiger partial charge in [0.05, 0.1) is 18.2 Å². The van der Waals surface area contributed by atoms with Gasteiger partial charge in [0.15, 0.2) is 5.60 Å². The minimum atomic E-state index is -1.37. The van der Waals surface area contributed by atoms with E-state index < -0.39 is 11.0 Å². The Morgan fingerprint density at radius 1 is 1.23 bits per heavy atom. The number of hydrogen-bond donors (Lipinski definition) is 2. The van der Waals surface area contributed by atoms with Gasteiger partial charge in [-0.25, -0.2) is 0 Å². The van der Waals surface area contributed by atoms with Gasteiger partial charge >= 0.3 is 0 Å². The number of hydrogen-bond acceptors (Lipinski definition) is 5. The van der Waals surface area contributed by atoms with Gasteiger partial charge in [-0.3, -0.25) is 4.79 Å². The first-order valence-electron chi connectivity index (χ1n) is 8.76. The second-order valence-electron chi connectivity index (χ2n) is 6.80. The monoisotopic (exact) mass is 387 g/mol. The maximum atomic E-state index is 13.2. The summed E-state index contributed by atoms with van der Waals surface area (Å²) in [5, 5.41) is 20.2. The smallest absolute Gasteiger partial charge is 0.231 e. The maximum Gasteiger partial charge on any atom is 0.231 e. The number of thiophene rings is 2. The van der Waals surface area contributed by atoms with Crippen molar-refractivity contribution in [1.82, 2.24) is 5.32 Å². The van der Waals surface area contributed by atoms with Gasteiger partial charge in [-0.05, 0) is 53.2 Å². The van der Waals surface area contributed by atoms with E-state index in [0.717, 1.165) is 36.1 Å². The van der Waals surface area contributed by atoms with Crippen LogP contribution in [0.5, 0.6) is 0 Å². The van der Waals surface area contributed by atoms with Gasteiger partial charge in [-0.1, -0.05) is 18.9 Å². The van der Waals surface area contributed by atoms with Gasteiger partial charge in [0.1, 0.15) is 5.76 Å². The summed E-state index contributed by atoms with van der Waals surface area (Å²) in [5.41, 5.74) is -1.10. The van der Waals surface area contributed by atoms with Gasteiger partial charge in [-0.15, -0.1) is 11.3 Å². The van der Waals surface area contributed by atoms with Crippen LogP contribution in [0.2, 0.25) is 0 Å². The van der Waals surface area contributed by atoms with Crippen LogP contribution in [-0.2, 0) is 15.8 Å². The molecule has 1 unspecified atom stereocenters. The third kappa shape index (κ3) is 2.92. The van der Waals surface area contributed by atoms with E-state index >= 15 is 0 Å². The Kier molecular flexibility index (Phi) is 4.73. The summed E-state index contributed by atoms with van der Waals surface area (Å²) in [6.45, 7) is 0.0865. The Labute approximate surface area is 160 Å². The summed E-state index contributed by atoms with van der Waals surface area (Å²) in [5.74, 6) is 0.436. The first kappa shape index (κ1) is 17.5. The number of aliphatic hydroxyl groups is 1. The van der Waals surface area contributed by atoms with E-state index in [9.17, 15) is 9.90 Å². The van der Waals surface area contributed by atoms with Crippen LogP contribution < -0.4 is 5.32 Å². The molecule has 6 heteroatoms. The fourth-order valence-electron chi connectivity index (χ4n) is 3.84. The molecule has 4 nitrogen and oxygen atoms in total. The fraction of sp³-hybridized carbons (Fsp3) is 0.350. The van der Waals surface area contributed by atoms with Crippen LogP contribution in [0.25, 0.3) is 0 Å². The van der Waals surface area contributed by atoms with E-state index in [2.05, 4.69) is 5.32 Å². The van der Waals surface area contributed by atoms with Gasteiger partial charge in [0.2, 0.25) is 5.91 Å². The van der Waals surface area contributed by atoms with Crippen molar-refractivity contribution in [3.05, 3.63) is 68.9 Å². The van der Waals surface area contributed by atoms with Gasteiger partial charge < -0.3 is 14.8 Å². The summed E-state index contributed by atoms with van der Waals surface area (Å²) in [6.07, 6.45) is 5.36. The molecule has 1 atom stereocenters. The van der Waals surface area contributed by atoms with Crippen LogP contribution in [0.15, 0.2) is 57.2 Å². The van der Waals surface area contributed by atoms with Crippen LogP contribution in [0, 0.1) is 0 Å². The van der Waals surface area contributed by atoms with Crippen LogP contribution in [0.3, 0.4) is 0 Å². The Morgan fingerprint density at radius 3 is 2.69 bits per heavy atom. The van der Waals surface area contributed by atoms with E-state index in [-0.39, 0.29) is 12.5 Å². The molecule has 0 spiro atoms. The molecule has 4 rings (SSSR count). The Balaban J connectivity index is 1.59. The second-order valence-corrected chi connectivity index (χ2v) is 8.53. The highest BCUT2D eigenvalue weighted by molar-refractivity contribution is 7.10. The first-order valence-corrected chi connectivity index (χ1v) is 10.6. The van der Waals surface area contributed by atoms with Gasteiger partial charge in [0, 0.05) is 10.4 Å². The molecule has 1 aliphatic carbocycles. The van der Waals surface area contributed by atoms with Crippen molar-refractivity contribution >= 4 is 28.6 Å². The summed E-state index contributed by atoms with van der Waals surface area (Å²) in [4.78, 5) is 14.3. The lowest BCUT2D eigenvalue weighted by atomic mass is 9.83. The molecule has 3 aromatic heterocycles. The van der Waals surface area contributed by atoms with E-state index in [1.54, 1.807) is 29.7 Å². The number of carbonyl (C=O) groups is 1. The molecule has 3 heterocycles. The highest BCUT2D eigenvalue weighted by Crippen LogP contribution is 2.43. The SMILES string of the molecule is O=C(NCC(O)(c1ccsc1)c1ccco1)C1(c2cccs2)CCCC1. The lowest BCUT2D eigenvalue weighted by molar-refractivity contribution is -0.127. The van der Waals surface area contributed by atoms with Crippen LogP contribution >= 0.6 is 22.7 Å². The number of carbonyl (C=O) groups excluding carboxylic acids is 1. The predicted octanol–water partition coefficient (Wildman–Crippen LogP) is 4.27. The predicted molar refractivity (Wildman–Crippen MR) is 104 cm³/mol. The number of nitrogens with one attached hydrogen (secondary N) is 1. The molecule has 136 valence electrons. The van der Waals surface area contributed by atoms with Gasteiger partial charge in [-0.2, -0.15) is 11.3 Å². The zero-order valence-corrected chi connectivity index (χ0v) is 15.9. The number of furan rings is 1. The first-order chi connectivity index (χ1) is 12.7. The Bertz CT molecular complexity index is 798. The summed E-state index contributed by atoms with van der Waals surface area (Å²) in [7, 11) is 0. The molecular formula is C20H21NO3S2. The standard InChI is InChI=1S/C20H21NO3S2/c22-18(19(8-1-2-9-19)17-6-4-11-26-17)21-14-20(23,15-7-12-25-13-15)16-5-3-10-24-16/h3-7,10-13,23H,1-2,8-9,14H2,(H,21,22). The average molecular weight is 388 g/mol. The molecule has 26 heavy (non-hydrogen) atoms. The molecule has 1 aliphatic rings. The Hall–Kier alpha value is -1.89. The molecular weight excluding hydrogens is 366 g/mol. The number of rotatable bonds is 6. The van der Waals surface area contributed by atoms with Crippen molar-refractivity contribution in [3.8, 4) is 0 Å². The highest BCUT2D eigenvalue weighted by atomic mass is 32.1. The minimum absolute atomic E-state index is 0.00217. The molecule has 1 amide bonds. The third-order valence-corrected chi connectivity index (χ3v) is 7.07. The molecule has 1 fully saturated rings. The van der Waals surface area contributed by atoms with Crippen LogP contribution in [-0.4, -0.2) is 17.6 Å². The van der Waals surface area contributed by atoms with E-state index in [4.69, 9.17) is 4.42 Å². The van der Waals surface area contributed by atoms with Crippen molar-refractivity contribution in [3.63, 3.8) is 0 Å². The largest absolute Gasteiger partial charge is 0.466 e. The summed E-state index contributed by atoms with van der Waals surface area (Å²) < 4.78 is 5.48. The van der Waals surface area contributed by atoms with E-state index in [1.807, 2.05) is 34.3 Å². The normalized spacial score (nSPS) is 18.5. The van der Waals surface area contributed by atoms with Crippen molar-refractivity contribution in [1.29, 1.82) is 0 Å². The average Bonchev–Trinajstić information content (AvgIpc) is 3.45. The van der Waals surface area contributed by atoms with Crippen molar-refractivity contribution < 1.29 is 14.3 Å². The van der Waals surface area contributed by atoms with Crippen molar-refractivity contribution in [2.75, 3.05) is 6.54 Å². The minimum Gasteiger partial charge on any atom is -0.466 e.